The topological polar surface area (TPSA) is 41.0 Å². The molecular formula is C15H22N4. The van der Waals surface area contributed by atoms with E-state index in [0.29, 0.717) is 5.92 Å². The van der Waals surface area contributed by atoms with Crippen molar-refractivity contribution in [1.29, 1.82) is 0 Å². The molecule has 0 saturated carbocycles. The standard InChI is InChI=1S/C15H22N4/c1-12(2)10-16-8-9-19(3)15-13-6-4-5-7-14(13)17-11-18-15/h4-7,11-12,16H,8-10H2,1-3H3. The summed E-state index contributed by atoms with van der Waals surface area (Å²) in [7, 11) is 2.08. The molecule has 102 valence electrons. The minimum atomic E-state index is 0.685. The fourth-order valence-corrected chi connectivity index (χ4v) is 2.04. The van der Waals surface area contributed by atoms with Gasteiger partial charge in [-0.1, -0.05) is 26.0 Å². The van der Waals surface area contributed by atoms with E-state index in [1.54, 1.807) is 6.33 Å². The van der Waals surface area contributed by atoms with Gasteiger partial charge in [-0.3, -0.25) is 0 Å². The van der Waals surface area contributed by atoms with Gasteiger partial charge in [0.05, 0.1) is 5.52 Å². The average Bonchev–Trinajstić information content (AvgIpc) is 2.42. The summed E-state index contributed by atoms with van der Waals surface area (Å²) in [5.74, 6) is 1.68. The first kappa shape index (κ1) is 13.7. The molecule has 1 N–H and O–H groups in total. The summed E-state index contributed by atoms with van der Waals surface area (Å²) < 4.78 is 0. The molecule has 2 rings (SSSR count). The molecule has 4 heteroatoms. The summed E-state index contributed by atoms with van der Waals surface area (Å²) in [5.41, 5.74) is 0.995. The van der Waals surface area contributed by atoms with Crippen molar-refractivity contribution in [2.45, 2.75) is 13.8 Å². The molecule has 2 aromatic rings. The van der Waals surface area contributed by atoms with E-state index >= 15 is 0 Å². The first-order valence-corrected chi connectivity index (χ1v) is 6.80. The van der Waals surface area contributed by atoms with Crippen molar-refractivity contribution in [2.24, 2.45) is 5.92 Å². The molecule has 0 amide bonds. The molecule has 0 bridgehead atoms. The third-order valence-corrected chi connectivity index (χ3v) is 3.06. The Bertz CT molecular complexity index is 519. The molecule has 1 aromatic heterocycles. The lowest BCUT2D eigenvalue weighted by molar-refractivity contribution is 0.554. The van der Waals surface area contributed by atoms with E-state index in [1.165, 1.54) is 0 Å². The highest BCUT2D eigenvalue weighted by Gasteiger charge is 2.07. The molecule has 0 aliphatic rings. The van der Waals surface area contributed by atoms with E-state index < -0.39 is 0 Å². The lowest BCUT2D eigenvalue weighted by atomic mass is 10.2. The number of hydrogen-bond donors (Lipinski definition) is 1. The second-order valence-electron chi connectivity index (χ2n) is 5.23. The molecular weight excluding hydrogens is 236 g/mol. The van der Waals surface area contributed by atoms with Gasteiger partial charge in [0.25, 0.3) is 0 Å². The normalized spacial score (nSPS) is 11.2. The molecule has 0 radical (unpaired) electrons. The highest BCUT2D eigenvalue weighted by atomic mass is 15.2. The number of rotatable bonds is 6. The molecule has 0 aliphatic carbocycles. The zero-order valence-corrected chi connectivity index (χ0v) is 11.9. The molecule has 0 unspecified atom stereocenters. The van der Waals surface area contributed by atoms with E-state index in [0.717, 1.165) is 36.4 Å². The summed E-state index contributed by atoms with van der Waals surface area (Å²) in [4.78, 5) is 10.9. The van der Waals surface area contributed by atoms with Gasteiger partial charge in [-0.15, -0.1) is 0 Å². The largest absolute Gasteiger partial charge is 0.358 e. The van der Waals surface area contributed by atoms with Crippen molar-refractivity contribution in [2.75, 3.05) is 31.6 Å². The van der Waals surface area contributed by atoms with Gasteiger partial charge >= 0.3 is 0 Å². The number of aromatic nitrogens is 2. The van der Waals surface area contributed by atoms with E-state index in [-0.39, 0.29) is 0 Å². The lowest BCUT2D eigenvalue weighted by Crippen LogP contribution is -2.31. The fraction of sp³-hybridized carbons (Fsp3) is 0.467. The highest BCUT2D eigenvalue weighted by molar-refractivity contribution is 5.89. The number of para-hydroxylation sites is 1. The maximum Gasteiger partial charge on any atom is 0.139 e. The highest BCUT2D eigenvalue weighted by Crippen LogP contribution is 2.20. The van der Waals surface area contributed by atoms with Crippen molar-refractivity contribution < 1.29 is 0 Å². The quantitative estimate of drug-likeness (QED) is 0.807. The number of likely N-dealkylation sites (N-methyl/N-ethyl adjacent to an activating group) is 1. The summed E-state index contributed by atoms with van der Waals surface area (Å²) in [6.07, 6.45) is 1.63. The second-order valence-corrected chi connectivity index (χ2v) is 5.23. The van der Waals surface area contributed by atoms with Gasteiger partial charge < -0.3 is 10.2 Å². The SMILES string of the molecule is CC(C)CNCCN(C)c1ncnc2ccccc12. The first-order valence-electron chi connectivity index (χ1n) is 6.80. The molecule has 0 atom stereocenters. The van der Waals surface area contributed by atoms with Crippen molar-refractivity contribution >= 4 is 16.7 Å². The van der Waals surface area contributed by atoms with Gasteiger partial charge in [0.15, 0.2) is 0 Å². The third kappa shape index (κ3) is 3.64. The molecule has 0 fully saturated rings. The summed E-state index contributed by atoms with van der Waals surface area (Å²) in [6.45, 7) is 7.39. The molecule has 1 aromatic carbocycles. The molecule has 0 aliphatic heterocycles. The summed E-state index contributed by atoms with van der Waals surface area (Å²) >= 11 is 0. The monoisotopic (exact) mass is 258 g/mol. The molecule has 0 saturated heterocycles. The number of benzene rings is 1. The third-order valence-electron chi connectivity index (χ3n) is 3.06. The van der Waals surface area contributed by atoms with Gasteiger partial charge in [-0.2, -0.15) is 0 Å². The average molecular weight is 258 g/mol. The van der Waals surface area contributed by atoms with Gasteiger partial charge in [0, 0.05) is 25.5 Å². The van der Waals surface area contributed by atoms with Crippen LogP contribution < -0.4 is 10.2 Å². The van der Waals surface area contributed by atoms with Crippen molar-refractivity contribution in [3.8, 4) is 0 Å². The predicted octanol–water partition coefficient (Wildman–Crippen LogP) is 2.31. The van der Waals surface area contributed by atoms with Crippen LogP contribution in [0.5, 0.6) is 0 Å². The fourth-order valence-electron chi connectivity index (χ4n) is 2.04. The van der Waals surface area contributed by atoms with Gasteiger partial charge in [0.2, 0.25) is 0 Å². The van der Waals surface area contributed by atoms with Crippen LogP contribution in [0.15, 0.2) is 30.6 Å². The molecule has 19 heavy (non-hydrogen) atoms. The van der Waals surface area contributed by atoms with Crippen molar-refractivity contribution in [3.05, 3.63) is 30.6 Å². The summed E-state index contributed by atoms with van der Waals surface area (Å²) in [5, 5.41) is 4.56. The van der Waals surface area contributed by atoms with Gasteiger partial charge in [-0.25, -0.2) is 9.97 Å². The Morgan fingerprint density at radius 1 is 1.21 bits per heavy atom. The number of fused-ring (bicyclic) bond motifs is 1. The zero-order valence-electron chi connectivity index (χ0n) is 11.9. The Kier molecular flexibility index (Phi) is 4.68. The van der Waals surface area contributed by atoms with Crippen LogP contribution in [0.3, 0.4) is 0 Å². The van der Waals surface area contributed by atoms with E-state index in [1.807, 2.05) is 18.2 Å². The van der Waals surface area contributed by atoms with Gasteiger partial charge in [-0.05, 0) is 24.6 Å². The van der Waals surface area contributed by atoms with Crippen molar-refractivity contribution in [1.82, 2.24) is 15.3 Å². The second kappa shape index (κ2) is 6.48. The van der Waals surface area contributed by atoms with Crippen LogP contribution in [-0.2, 0) is 0 Å². The van der Waals surface area contributed by atoms with Crippen LogP contribution in [0.2, 0.25) is 0 Å². The van der Waals surface area contributed by atoms with Crippen molar-refractivity contribution in [3.63, 3.8) is 0 Å². The zero-order chi connectivity index (χ0) is 13.7. The smallest absolute Gasteiger partial charge is 0.139 e. The van der Waals surface area contributed by atoms with Crippen LogP contribution in [0.4, 0.5) is 5.82 Å². The molecule has 1 heterocycles. The Hall–Kier alpha value is -1.68. The molecule has 4 nitrogen and oxygen atoms in total. The number of nitrogens with zero attached hydrogens (tertiary/aromatic N) is 3. The number of nitrogens with one attached hydrogen (secondary N) is 1. The number of anilines is 1. The van der Waals surface area contributed by atoms with E-state index in [2.05, 4.69) is 47.1 Å². The number of hydrogen-bond acceptors (Lipinski definition) is 4. The summed E-state index contributed by atoms with van der Waals surface area (Å²) in [6, 6.07) is 8.12. The Morgan fingerprint density at radius 3 is 2.79 bits per heavy atom. The van der Waals surface area contributed by atoms with Gasteiger partial charge in [0.1, 0.15) is 12.1 Å². The Morgan fingerprint density at radius 2 is 2.00 bits per heavy atom. The van der Waals surface area contributed by atoms with Crippen LogP contribution in [-0.4, -0.2) is 36.6 Å². The van der Waals surface area contributed by atoms with E-state index in [9.17, 15) is 0 Å². The Balaban J connectivity index is 2.03. The minimum Gasteiger partial charge on any atom is -0.358 e. The molecule has 0 spiro atoms. The van der Waals surface area contributed by atoms with Crippen LogP contribution >= 0.6 is 0 Å². The van der Waals surface area contributed by atoms with E-state index in [4.69, 9.17) is 0 Å². The van der Waals surface area contributed by atoms with Crippen LogP contribution in [0.1, 0.15) is 13.8 Å². The Labute approximate surface area is 114 Å². The maximum atomic E-state index is 4.41. The lowest BCUT2D eigenvalue weighted by Gasteiger charge is -2.20. The minimum absolute atomic E-state index is 0.685. The predicted molar refractivity (Wildman–Crippen MR) is 80.5 cm³/mol. The maximum absolute atomic E-state index is 4.41. The van der Waals surface area contributed by atoms with Crippen LogP contribution in [0.25, 0.3) is 10.9 Å². The van der Waals surface area contributed by atoms with Crippen LogP contribution in [0, 0.1) is 5.92 Å². The first-order chi connectivity index (χ1) is 9.18.